The van der Waals surface area contributed by atoms with Gasteiger partial charge in [0.15, 0.2) is 0 Å². The predicted octanol–water partition coefficient (Wildman–Crippen LogP) is 4.86. The van der Waals surface area contributed by atoms with Crippen molar-refractivity contribution in [3.63, 3.8) is 0 Å². The lowest BCUT2D eigenvalue weighted by atomic mass is 9.63. The second-order valence-electron chi connectivity index (χ2n) is 9.88. The molecule has 148 valence electrons. The van der Waals surface area contributed by atoms with Crippen molar-refractivity contribution in [1.29, 1.82) is 0 Å². The van der Waals surface area contributed by atoms with Crippen LogP contribution in [-0.4, -0.2) is 42.3 Å². The van der Waals surface area contributed by atoms with Crippen molar-refractivity contribution in [3.8, 4) is 0 Å². The van der Waals surface area contributed by atoms with Gasteiger partial charge in [0.05, 0.1) is 0 Å². The number of benzene rings is 1. The Balaban J connectivity index is 1.42. The lowest BCUT2D eigenvalue weighted by Gasteiger charge is -2.57. The minimum Gasteiger partial charge on any atom is -0.444 e. The topological polar surface area (TPSA) is 32.8 Å². The average molecular weight is 371 g/mol. The number of hydrogen-bond donors (Lipinski definition) is 0. The number of amides is 1. The Hall–Kier alpha value is -1.71. The van der Waals surface area contributed by atoms with E-state index in [0.29, 0.717) is 23.4 Å². The molecule has 2 heterocycles. The summed E-state index contributed by atoms with van der Waals surface area (Å²) < 4.78 is 5.62. The molecule has 5 rings (SSSR count). The summed E-state index contributed by atoms with van der Waals surface area (Å²) in [6.07, 6.45) is 5.98. The summed E-state index contributed by atoms with van der Waals surface area (Å²) in [5.41, 5.74) is 2.66. The van der Waals surface area contributed by atoms with Crippen LogP contribution in [0, 0.1) is 11.3 Å². The van der Waals surface area contributed by atoms with Gasteiger partial charge in [0.2, 0.25) is 0 Å². The molecule has 2 aliphatic carbocycles. The predicted molar refractivity (Wildman–Crippen MR) is 109 cm³/mol. The monoisotopic (exact) mass is 370 g/mol. The number of piperidine rings is 2. The number of ether oxygens (including phenoxy) is 1. The van der Waals surface area contributed by atoms with Crippen LogP contribution in [0.3, 0.4) is 0 Å². The lowest BCUT2D eigenvalue weighted by Crippen LogP contribution is -2.65. The molecule has 2 aliphatic heterocycles. The molecular formula is C23H34N2O2. The molecule has 2 saturated heterocycles. The third kappa shape index (κ3) is 3.21. The van der Waals surface area contributed by atoms with Gasteiger partial charge in [-0.1, -0.05) is 25.5 Å². The maximum atomic E-state index is 12.6. The van der Waals surface area contributed by atoms with Gasteiger partial charge in [0.1, 0.15) is 5.60 Å². The maximum Gasteiger partial charge on any atom is 0.410 e. The summed E-state index contributed by atoms with van der Waals surface area (Å²) >= 11 is 0. The number of rotatable bonds is 5. The third-order valence-corrected chi connectivity index (χ3v) is 6.75. The molecule has 4 aliphatic rings. The van der Waals surface area contributed by atoms with Crippen molar-refractivity contribution >= 4 is 11.8 Å². The second kappa shape index (κ2) is 6.42. The van der Waals surface area contributed by atoms with Gasteiger partial charge >= 0.3 is 6.09 Å². The van der Waals surface area contributed by atoms with Crippen molar-refractivity contribution in [3.05, 3.63) is 29.8 Å². The highest BCUT2D eigenvalue weighted by Gasteiger charge is 2.75. The summed E-state index contributed by atoms with van der Waals surface area (Å²) in [6, 6.07) is 10.1. The molecule has 1 amide bonds. The van der Waals surface area contributed by atoms with Crippen LogP contribution in [0.1, 0.15) is 58.9 Å². The van der Waals surface area contributed by atoms with E-state index in [9.17, 15) is 4.79 Å². The molecule has 0 radical (unpaired) electrons. The molecule has 2 saturated carbocycles. The third-order valence-electron chi connectivity index (χ3n) is 6.75. The number of anilines is 1. The Morgan fingerprint density at radius 2 is 1.96 bits per heavy atom. The van der Waals surface area contributed by atoms with Crippen molar-refractivity contribution in [2.75, 3.05) is 18.5 Å². The van der Waals surface area contributed by atoms with Gasteiger partial charge in [-0.3, -0.25) is 0 Å². The van der Waals surface area contributed by atoms with Crippen LogP contribution >= 0.6 is 0 Å². The van der Waals surface area contributed by atoms with E-state index >= 15 is 0 Å². The molecule has 1 spiro atoms. The largest absolute Gasteiger partial charge is 0.444 e. The maximum absolute atomic E-state index is 12.6. The van der Waals surface area contributed by atoms with Gasteiger partial charge < -0.3 is 14.5 Å². The molecule has 1 aromatic carbocycles. The van der Waals surface area contributed by atoms with Crippen LogP contribution in [0.25, 0.3) is 0 Å². The van der Waals surface area contributed by atoms with E-state index in [2.05, 4.69) is 36.1 Å². The highest BCUT2D eigenvalue weighted by Crippen LogP contribution is 2.70. The summed E-state index contributed by atoms with van der Waals surface area (Å²) in [5.74, 6) is 0.557. The SMILES string of the molecule is CCCCc1ccc(N2CC3CC4(C[C@@H]24)C3N(C)C(=O)OC(C)(C)C)cc1. The van der Waals surface area contributed by atoms with Crippen molar-refractivity contribution in [2.24, 2.45) is 11.3 Å². The number of aryl methyl sites for hydroxylation is 1. The van der Waals surface area contributed by atoms with Gasteiger partial charge in [-0.05, 0) is 70.1 Å². The van der Waals surface area contributed by atoms with Gasteiger partial charge in [-0.25, -0.2) is 4.79 Å². The Morgan fingerprint density at radius 1 is 1.26 bits per heavy atom. The Kier molecular flexibility index (Phi) is 4.44. The molecule has 4 fully saturated rings. The molecular weight excluding hydrogens is 336 g/mol. The molecule has 0 N–H and O–H groups in total. The van der Waals surface area contributed by atoms with E-state index < -0.39 is 5.60 Å². The van der Waals surface area contributed by atoms with Gasteiger partial charge in [-0.15, -0.1) is 0 Å². The first-order chi connectivity index (χ1) is 12.7. The van der Waals surface area contributed by atoms with Crippen LogP contribution in [0.15, 0.2) is 24.3 Å². The first kappa shape index (κ1) is 18.6. The number of unbranched alkanes of at least 4 members (excludes halogenated alkanes) is 1. The number of fused-ring (bicyclic) bond motifs is 1. The van der Waals surface area contributed by atoms with E-state index in [1.807, 2.05) is 32.7 Å². The molecule has 2 bridgehead atoms. The van der Waals surface area contributed by atoms with E-state index in [1.54, 1.807) is 0 Å². The van der Waals surface area contributed by atoms with Gasteiger partial charge in [0.25, 0.3) is 0 Å². The van der Waals surface area contributed by atoms with Crippen LogP contribution in [0.2, 0.25) is 0 Å². The first-order valence-electron chi connectivity index (χ1n) is 10.6. The Morgan fingerprint density at radius 3 is 2.59 bits per heavy atom. The van der Waals surface area contributed by atoms with Gasteiger partial charge in [0, 0.05) is 36.8 Å². The zero-order valence-corrected chi connectivity index (χ0v) is 17.5. The van der Waals surface area contributed by atoms with Crippen molar-refractivity contribution < 1.29 is 9.53 Å². The number of carbonyl (C=O) groups is 1. The zero-order chi connectivity index (χ0) is 19.4. The fourth-order valence-electron chi connectivity index (χ4n) is 5.50. The Bertz CT molecular complexity index is 708. The van der Waals surface area contributed by atoms with Crippen molar-refractivity contribution in [1.82, 2.24) is 4.90 Å². The quantitative estimate of drug-likeness (QED) is 0.742. The van der Waals surface area contributed by atoms with Crippen LogP contribution in [0.4, 0.5) is 10.5 Å². The summed E-state index contributed by atoms with van der Waals surface area (Å²) in [4.78, 5) is 17.0. The summed E-state index contributed by atoms with van der Waals surface area (Å²) in [6.45, 7) is 9.10. The number of nitrogens with zero attached hydrogens (tertiary/aromatic N) is 2. The fourth-order valence-corrected chi connectivity index (χ4v) is 5.50. The number of hydrogen-bond acceptors (Lipinski definition) is 3. The molecule has 27 heavy (non-hydrogen) atoms. The van der Waals surface area contributed by atoms with Crippen molar-refractivity contribution in [2.45, 2.75) is 77.5 Å². The molecule has 4 atom stereocenters. The van der Waals surface area contributed by atoms with Gasteiger partial charge in [-0.2, -0.15) is 0 Å². The minimum atomic E-state index is -0.434. The minimum absolute atomic E-state index is 0.170. The lowest BCUT2D eigenvalue weighted by molar-refractivity contribution is -0.0410. The standard InChI is InChI=1S/C23H34N2O2/c1-6-7-8-16-9-11-18(12-10-16)25-15-17-13-23(14-19(23)25)20(17)24(5)21(26)27-22(2,3)4/h9-12,17,19-20H,6-8,13-15H2,1-5H3/t17?,19-,20?,23?/m1/s1. The normalized spacial score (nSPS) is 31.0. The second-order valence-corrected chi connectivity index (χ2v) is 9.88. The van der Waals surface area contributed by atoms with E-state index in [1.165, 1.54) is 43.4 Å². The molecule has 0 aromatic heterocycles. The van der Waals surface area contributed by atoms with Crippen LogP contribution < -0.4 is 4.90 Å². The van der Waals surface area contributed by atoms with Crippen LogP contribution in [0.5, 0.6) is 0 Å². The molecule has 4 heteroatoms. The smallest absolute Gasteiger partial charge is 0.410 e. The van der Waals surface area contributed by atoms with Crippen LogP contribution in [-0.2, 0) is 11.2 Å². The van der Waals surface area contributed by atoms with E-state index in [-0.39, 0.29) is 6.09 Å². The summed E-state index contributed by atoms with van der Waals surface area (Å²) in [7, 11) is 1.93. The van der Waals surface area contributed by atoms with E-state index in [0.717, 1.165) is 6.54 Å². The van der Waals surface area contributed by atoms with E-state index in [4.69, 9.17) is 4.74 Å². The Labute approximate surface area is 163 Å². The average Bonchev–Trinajstić information content (AvgIpc) is 3.36. The highest BCUT2D eigenvalue weighted by atomic mass is 16.6. The summed E-state index contributed by atoms with van der Waals surface area (Å²) in [5, 5.41) is 0. The molecule has 1 aromatic rings. The first-order valence-corrected chi connectivity index (χ1v) is 10.6. The highest BCUT2D eigenvalue weighted by molar-refractivity contribution is 5.69. The molecule has 4 nitrogen and oxygen atoms in total. The molecule has 3 unspecified atom stereocenters. The number of carbonyl (C=O) groups excluding carboxylic acids is 1. The fraction of sp³-hybridized carbons (Fsp3) is 0.696. The zero-order valence-electron chi connectivity index (χ0n) is 17.5.